The highest BCUT2D eigenvalue weighted by Crippen LogP contribution is 2.41. The molecule has 3 aromatic rings. The summed E-state index contributed by atoms with van der Waals surface area (Å²) in [6.07, 6.45) is -2.82. The first kappa shape index (κ1) is 25.1. The van der Waals surface area contributed by atoms with Gasteiger partial charge in [0.1, 0.15) is 29.6 Å². The number of aryl methyl sites for hydroxylation is 1. The molecule has 2 aromatic heterocycles. The van der Waals surface area contributed by atoms with E-state index >= 15 is 0 Å². The van der Waals surface area contributed by atoms with Crippen molar-refractivity contribution in [2.45, 2.75) is 51.0 Å². The van der Waals surface area contributed by atoms with Crippen LogP contribution in [0.1, 0.15) is 49.6 Å². The van der Waals surface area contributed by atoms with Crippen molar-refractivity contribution < 1.29 is 17.9 Å². The lowest BCUT2D eigenvalue weighted by molar-refractivity contribution is -0.137. The number of rotatable bonds is 4. The lowest BCUT2D eigenvalue weighted by atomic mass is 9.94. The zero-order chi connectivity index (χ0) is 26.5. The van der Waals surface area contributed by atoms with Gasteiger partial charge < -0.3 is 14.2 Å². The van der Waals surface area contributed by atoms with Crippen molar-refractivity contribution in [3.63, 3.8) is 0 Å². The maximum atomic E-state index is 13.1. The summed E-state index contributed by atoms with van der Waals surface area (Å²) in [5, 5.41) is 9.44. The summed E-state index contributed by atoms with van der Waals surface area (Å²) in [5.74, 6) is 0.243. The van der Waals surface area contributed by atoms with Crippen LogP contribution in [0.15, 0.2) is 41.2 Å². The molecule has 2 aliphatic heterocycles. The lowest BCUT2D eigenvalue weighted by Crippen LogP contribution is -2.62. The first-order chi connectivity index (χ1) is 17.7. The van der Waals surface area contributed by atoms with E-state index in [0.29, 0.717) is 36.4 Å². The van der Waals surface area contributed by atoms with Crippen molar-refractivity contribution in [2.75, 3.05) is 24.6 Å². The molecule has 2 aliphatic rings. The molecule has 0 N–H and O–H groups in total. The molecule has 5 rings (SSSR count). The van der Waals surface area contributed by atoms with Gasteiger partial charge in [-0.25, -0.2) is 4.98 Å². The number of hydrogen-bond acceptors (Lipinski definition) is 6. The van der Waals surface area contributed by atoms with Crippen molar-refractivity contribution in [1.82, 2.24) is 14.5 Å². The lowest BCUT2D eigenvalue weighted by Gasteiger charge is -2.51. The van der Waals surface area contributed by atoms with Gasteiger partial charge in [0.05, 0.1) is 17.1 Å². The summed E-state index contributed by atoms with van der Waals surface area (Å²) >= 11 is 0. The third kappa shape index (κ3) is 4.21. The number of alkyl halides is 3. The fourth-order valence-electron chi connectivity index (χ4n) is 5.70. The van der Waals surface area contributed by atoms with Crippen LogP contribution in [-0.2, 0) is 13.2 Å². The van der Waals surface area contributed by atoms with Gasteiger partial charge >= 0.3 is 6.18 Å². The molecule has 0 aliphatic carbocycles. The van der Waals surface area contributed by atoms with Crippen LogP contribution in [0.25, 0.3) is 11.0 Å². The SMILES string of the molecule is CCC(c1ccc(C(F)(F)F)cc1)N1C[C@H]2COc3c(c4nc(C#N)ccc4n(C)c3=O)N2C[C@H]1CC. The van der Waals surface area contributed by atoms with Crippen LogP contribution in [-0.4, -0.2) is 46.2 Å². The quantitative estimate of drug-likeness (QED) is 0.508. The van der Waals surface area contributed by atoms with Crippen LogP contribution in [0.5, 0.6) is 5.75 Å². The van der Waals surface area contributed by atoms with E-state index in [1.54, 1.807) is 31.3 Å². The molecule has 4 heterocycles. The molecule has 0 bridgehead atoms. The van der Waals surface area contributed by atoms with Crippen LogP contribution in [0.3, 0.4) is 0 Å². The van der Waals surface area contributed by atoms with Gasteiger partial charge in [-0.05, 0) is 42.7 Å². The summed E-state index contributed by atoms with van der Waals surface area (Å²) < 4.78 is 46.9. The van der Waals surface area contributed by atoms with E-state index in [4.69, 9.17) is 4.74 Å². The second-order valence-electron chi connectivity index (χ2n) is 9.64. The highest BCUT2D eigenvalue weighted by Gasteiger charge is 2.42. The summed E-state index contributed by atoms with van der Waals surface area (Å²) in [4.78, 5) is 22.2. The largest absolute Gasteiger partial charge is 0.484 e. The third-order valence-corrected chi connectivity index (χ3v) is 7.62. The monoisotopic (exact) mass is 511 g/mol. The van der Waals surface area contributed by atoms with Gasteiger partial charge in [-0.3, -0.25) is 9.69 Å². The van der Waals surface area contributed by atoms with Crippen molar-refractivity contribution in [3.05, 3.63) is 63.6 Å². The first-order valence-corrected chi connectivity index (χ1v) is 12.4. The number of benzene rings is 1. The molecule has 1 unspecified atom stereocenters. The minimum absolute atomic E-state index is 0.0560. The number of anilines is 1. The zero-order valence-corrected chi connectivity index (χ0v) is 20.9. The third-order valence-electron chi connectivity index (χ3n) is 7.62. The number of ether oxygens (including phenoxy) is 1. The maximum Gasteiger partial charge on any atom is 0.416 e. The predicted molar refractivity (Wildman–Crippen MR) is 134 cm³/mol. The van der Waals surface area contributed by atoms with Gasteiger partial charge in [0.15, 0.2) is 0 Å². The van der Waals surface area contributed by atoms with E-state index in [1.165, 1.54) is 4.57 Å². The van der Waals surface area contributed by atoms with E-state index in [1.807, 2.05) is 6.92 Å². The smallest absolute Gasteiger partial charge is 0.416 e. The molecule has 0 saturated carbocycles. The van der Waals surface area contributed by atoms with Crippen LogP contribution < -0.4 is 15.2 Å². The number of hydrogen-bond donors (Lipinski definition) is 0. The fraction of sp³-hybridized carbons (Fsp3) is 0.444. The van der Waals surface area contributed by atoms with Gasteiger partial charge in [-0.1, -0.05) is 26.0 Å². The highest BCUT2D eigenvalue weighted by atomic mass is 19.4. The van der Waals surface area contributed by atoms with Gasteiger partial charge in [-0.2, -0.15) is 18.4 Å². The van der Waals surface area contributed by atoms with Crippen molar-refractivity contribution >= 4 is 16.7 Å². The van der Waals surface area contributed by atoms with Crippen molar-refractivity contribution in [3.8, 4) is 11.8 Å². The Kier molecular flexibility index (Phi) is 6.36. The van der Waals surface area contributed by atoms with E-state index in [0.717, 1.165) is 30.5 Å². The minimum Gasteiger partial charge on any atom is -0.484 e. The van der Waals surface area contributed by atoms with Gasteiger partial charge in [0, 0.05) is 32.2 Å². The fourth-order valence-corrected chi connectivity index (χ4v) is 5.70. The number of nitriles is 1. The predicted octanol–water partition coefficient (Wildman–Crippen LogP) is 4.64. The standard InChI is InChI=1S/C27H28F3N5O2/c1-4-19-13-35-20(14-34(19)21(5-2)16-6-8-17(9-7-16)27(28,29)30)15-37-25-24(35)23-22(33(3)26(25)36)11-10-18(12-31)32-23/h6-11,19-21H,4-5,13-15H2,1-3H3/t19-,20+,21?/m1/s1. The number of aromatic nitrogens is 2. The van der Waals surface area contributed by atoms with E-state index < -0.39 is 11.7 Å². The molecule has 0 amide bonds. The summed E-state index contributed by atoms with van der Waals surface area (Å²) in [7, 11) is 1.66. The van der Waals surface area contributed by atoms with Crippen LogP contribution >= 0.6 is 0 Å². The van der Waals surface area contributed by atoms with Crippen LogP contribution in [0.4, 0.5) is 18.9 Å². The number of nitrogens with zero attached hydrogens (tertiary/aromatic N) is 5. The van der Waals surface area contributed by atoms with E-state index in [2.05, 4.69) is 27.8 Å². The summed E-state index contributed by atoms with van der Waals surface area (Å²) in [6.45, 7) is 5.66. The Morgan fingerprint density at radius 2 is 1.89 bits per heavy atom. The summed E-state index contributed by atoms with van der Waals surface area (Å²) in [6, 6.07) is 10.8. The Bertz CT molecular complexity index is 1430. The molecule has 1 fully saturated rings. The Labute approximate surface area is 212 Å². The minimum atomic E-state index is -4.37. The number of fused-ring (bicyclic) bond motifs is 5. The second-order valence-corrected chi connectivity index (χ2v) is 9.64. The molecule has 10 heteroatoms. The van der Waals surface area contributed by atoms with Gasteiger partial charge in [0.2, 0.25) is 5.75 Å². The average molecular weight is 512 g/mol. The number of piperazine rings is 1. The first-order valence-electron chi connectivity index (χ1n) is 12.4. The Morgan fingerprint density at radius 1 is 1.16 bits per heavy atom. The maximum absolute atomic E-state index is 13.1. The highest BCUT2D eigenvalue weighted by molar-refractivity contribution is 5.93. The van der Waals surface area contributed by atoms with E-state index in [-0.39, 0.29) is 35.1 Å². The number of halogens is 3. The molecular formula is C27H28F3N5O2. The second kappa shape index (κ2) is 9.38. The Balaban J connectivity index is 1.53. The van der Waals surface area contributed by atoms with Crippen LogP contribution in [0.2, 0.25) is 0 Å². The molecule has 0 spiro atoms. The molecule has 1 aromatic carbocycles. The molecule has 1 saturated heterocycles. The molecule has 194 valence electrons. The molecule has 3 atom stereocenters. The topological polar surface area (TPSA) is 74.4 Å². The Morgan fingerprint density at radius 3 is 2.51 bits per heavy atom. The van der Waals surface area contributed by atoms with Crippen LogP contribution in [0, 0.1) is 11.3 Å². The van der Waals surface area contributed by atoms with E-state index in [9.17, 15) is 23.2 Å². The molecule has 37 heavy (non-hydrogen) atoms. The normalized spacial score (nSPS) is 20.6. The van der Waals surface area contributed by atoms with Crippen molar-refractivity contribution in [2.24, 2.45) is 7.05 Å². The van der Waals surface area contributed by atoms with Gasteiger partial charge in [0.25, 0.3) is 5.56 Å². The van der Waals surface area contributed by atoms with Gasteiger partial charge in [-0.15, -0.1) is 0 Å². The number of pyridine rings is 2. The zero-order valence-electron chi connectivity index (χ0n) is 20.9. The molecular weight excluding hydrogens is 483 g/mol. The molecule has 7 nitrogen and oxygen atoms in total. The molecule has 0 radical (unpaired) electrons. The summed E-state index contributed by atoms with van der Waals surface area (Å²) in [5.41, 5.74) is 2.00. The Hall–Kier alpha value is -3.58. The van der Waals surface area contributed by atoms with Crippen molar-refractivity contribution in [1.29, 1.82) is 5.26 Å². The average Bonchev–Trinajstić information content (AvgIpc) is 2.90.